The Morgan fingerprint density at radius 3 is 2.31 bits per heavy atom. The molecule has 0 radical (unpaired) electrons. The molecule has 1 saturated heterocycles. The molecule has 1 fully saturated rings. The van der Waals surface area contributed by atoms with E-state index in [1.54, 1.807) is 12.1 Å². The summed E-state index contributed by atoms with van der Waals surface area (Å²) >= 11 is 1.48. The zero-order chi connectivity index (χ0) is 27.2. The summed E-state index contributed by atoms with van der Waals surface area (Å²) in [6, 6.07) is 31.1. The first-order valence-corrected chi connectivity index (χ1v) is 13.9. The fourth-order valence-corrected chi connectivity index (χ4v) is 5.75. The van der Waals surface area contributed by atoms with Crippen molar-refractivity contribution in [2.45, 2.75) is 43.0 Å². The van der Waals surface area contributed by atoms with E-state index in [2.05, 4.69) is 24.3 Å². The molecule has 0 amide bonds. The number of benzene rings is 4. The Morgan fingerprint density at radius 2 is 1.59 bits per heavy atom. The maximum atomic E-state index is 11.7. The van der Waals surface area contributed by atoms with Gasteiger partial charge in [0.25, 0.3) is 0 Å². The minimum Gasteiger partial charge on any atom is -0.478 e. The molecule has 0 unspecified atom stereocenters. The number of nitrogens with two attached hydrogens (primary N) is 1. The molecular weight excluding hydrogens is 510 g/mol. The van der Waals surface area contributed by atoms with Gasteiger partial charge in [-0.3, -0.25) is 0 Å². The van der Waals surface area contributed by atoms with Crippen LogP contribution in [0.25, 0.3) is 11.1 Å². The monoisotopic (exact) mass is 541 g/mol. The van der Waals surface area contributed by atoms with Crippen LogP contribution in [-0.4, -0.2) is 28.0 Å². The van der Waals surface area contributed by atoms with E-state index < -0.39 is 12.3 Å². The molecule has 5 rings (SSSR count). The standard InChI is InChI=1S/C32H31NO5S/c33-18-22-4-3-5-26(16-22)23-12-14-25(15-13-23)32-37-27(20-39-30-7-2-1-6-28(30)31(35)36)17-29(38-32)24-10-8-21(19-34)9-11-24/h1-16,27,29,32,34H,17-20,33H2,(H,35,36)/t27-,29+,32+/m0/s1. The summed E-state index contributed by atoms with van der Waals surface area (Å²) in [4.78, 5) is 12.4. The SMILES string of the molecule is NCc1cccc(-c2ccc([C@@H]3O[C@H](CSc4ccccc4C(=O)O)C[C@H](c4ccc(CO)cc4)O3)cc2)c1. The number of hydrogen-bond acceptors (Lipinski definition) is 6. The lowest BCUT2D eigenvalue weighted by atomic mass is 9.99. The number of ether oxygens (including phenoxy) is 2. The molecule has 7 heteroatoms. The van der Waals surface area contributed by atoms with E-state index in [0.29, 0.717) is 23.6 Å². The van der Waals surface area contributed by atoms with Gasteiger partial charge in [0, 0.05) is 29.2 Å². The van der Waals surface area contributed by atoms with Crippen molar-refractivity contribution in [1.29, 1.82) is 0 Å². The Kier molecular flexibility index (Phi) is 8.76. The maximum Gasteiger partial charge on any atom is 0.336 e. The molecule has 39 heavy (non-hydrogen) atoms. The summed E-state index contributed by atoms with van der Waals surface area (Å²) < 4.78 is 12.9. The highest BCUT2D eigenvalue weighted by molar-refractivity contribution is 7.99. The number of carboxylic acids is 1. The number of carbonyl (C=O) groups is 1. The molecule has 0 aromatic heterocycles. The Balaban J connectivity index is 1.37. The van der Waals surface area contributed by atoms with E-state index in [4.69, 9.17) is 15.2 Å². The average Bonchev–Trinajstić information content (AvgIpc) is 3.00. The van der Waals surface area contributed by atoms with Crippen molar-refractivity contribution in [2.75, 3.05) is 5.75 Å². The highest BCUT2D eigenvalue weighted by Gasteiger charge is 2.32. The normalized spacial score (nSPS) is 19.1. The lowest BCUT2D eigenvalue weighted by molar-refractivity contribution is -0.245. The number of thioether (sulfide) groups is 1. The number of rotatable bonds is 9. The minimum absolute atomic E-state index is 0.0136. The van der Waals surface area contributed by atoms with Crippen molar-refractivity contribution in [3.05, 3.63) is 125 Å². The van der Waals surface area contributed by atoms with Crippen molar-refractivity contribution >= 4 is 17.7 Å². The van der Waals surface area contributed by atoms with Gasteiger partial charge in [-0.1, -0.05) is 78.9 Å². The number of hydrogen-bond donors (Lipinski definition) is 3. The van der Waals surface area contributed by atoms with Crippen LogP contribution >= 0.6 is 11.8 Å². The Bertz CT molecular complexity index is 1410. The number of aliphatic hydroxyl groups excluding tert-OH is 1. The summed E-state index contributed by atoms with van der Waals surface area (Å²) in [5.41, 5.74) is 12.1. The van der Waals surface area contributed by atoms with Crippen molar-refractivity contribution in [2.24, 2.45) is 5.73 Å². The van der Waals surface area contributed by atoms with Gasteiger partial charge in [0.1, 0.15) is 0 Å². The summed E-state index contributed by atoms with van der Waals surface area (Å²) in [7, 11) is 0. The van der Waals surface area contributed by atoms with Crippen LogP contribution in [0.15, 0.2) is 102 Å². The van der Waals surface area contributed by atoms with Gasteiger partial charge in [-0.05, 0) is 46.0 Å². The van der Waals surface area contributed by atoms with Gasteiger partial charge in [0.05, 0.1) is 24.4 Å². The molecule has 1 aliphatic rings. The smallest absolute Gasteiger partial charge is 0.336 e. The molecule has 0 saturated carbocycles. The van der Waals surface area contributed by atoms with Crippen molar-refractivity contribution in [3.8, 4) is 11.1 Å². The Morgan fingerprint density at radius 1 is 0.846 bits per heavy atom. The molecule has 0 spiro atoms. The summed E-state index contributed by atoms with van der Waals surface area (Å²) in [6.45, 7) is 0.479. The first kappa shape index (κ1) is 27.1. The quantitative estimate of drug-likeness (QED) is 0.213. The zero-order valence-electron chi connectivity index (χ0n) is 21.4. The molecule has 0 aliphatic carbocycles. The van der Waals surface area contributed by atoms with Crippen LogP contribution in [0.4, 0.5) is 0 Å². The fraction of sp³-hybridized carbons (Fsp3) is 0.219. The minimum atomic E-state index is -0.942. The lowest BCUT2D eigenvalue weighted by Gasteiger charge is -2.36. The molecule has 1 aliphatic heterocycles. The molecule has 3 atom stereocenters. The van der Waals surface area contributed by atoms with Gasteiger partial charge < -0.3 is 25.4 Å². The second-order valence-electron chi connectivity index (χ2n) is 9.49. The van der Waals surface area contributed by atoms with Crippen LogP contribution in [0, 0.1) is 0 Å². The third kappa shape index (κ3) is 6.58. The molecule has 4 N–H and O–H groups in total. The molecule has 4 aromatic carbocycles. The van der Waals surface area contributed by atoms with Gasteiger partial charge >= 0.3 is 5.97 Å². The van der Waals surface area contributed by atoms with Crippen LogP contribution < -0.4 is 5.73 Å². The van der Waals surface area contributed by atoms with E-state index in [0.717, 1.165) is 33.4 Å². The van der Waals surface area contributed by atoms with E-state index in [9.17, 15) is 15.0 Å². The lowest BCUT2D eigenvalue weighted by Crippen LogP contribution is -2.31. The van der Waals surface area contributed by atoms with Crippen molar-refractivity contribution < 1.29 is 24.5 Å². The van der Waals surface area contributed by atoms with E-state index in [1.165, 1.54) is 11.8 Å². The molecule has 6 nitrogen and oxygen atoms in total. The van der Waals surface area contributed by atoms with E-state index in [1.807, 2.05) is 60.7 Å². The van der Waals surface area contributed by atoms with E-state index in [-0.39, 0.29) is 24.4 Å². The van der Waals surface area contributed by atoms with Crippen LogP contribution in [-0.2, 0) is 22.6 Å². The second kappa shape index (κ2) is 12.6. The van der Waals surface area contributed by atoms with Crippen molar-refractivity contribution in [3.63, 3.8) is 0 Å². The second-order valence-corrected chi connectivity index (χ2v) is 10.6. The fourth-order valence-electron chi connectivity index (χ4n) is 4.69. The molecular formula is C32H31NO5S. The van der Waals surface area contributed by atoms with Gasteiger partial charge in [-0.15, -0.1) is 11.8 Å². The zero-order valence-corrected chi connectivity index (χ0v) is 22.2. The Labute approximate surface area is 232 Å². The van der Waals surface area contributed by atoms with Crippen LogP contribution in [0.2, 0.25) is 0 Å². The highest BCUT2D eigenvalue weighted by Crippen LogP contribution is 2.40. The van der Waals surface area contributed by atoms with Gasteiger partial charge in [0.15, 0.2) is 6.29 Å². The Hall–Kier alpha value is -3.46. The predicted octanol–water partition coefficient (Wildman–Crippen LogP) is 6.34. The van der Waals surface area contributed by atoms with Gasteiger partial charge in [-0.2, -0.15) is 0 Å². The maximum absolute atomic E-state index is 11.7. The summed E-state index contributed by atoms with van der Waals surface area (Å²) in [5.74, 6) is -0.359. The van der Waals surface area contributed by atoms with Gasteiger partial charge in [-0.25, -0.2) is 4.79 Å². The number of carboxylic acid groups (broad SMARTS) is 1. The summed E-state index contributed by atoms with van der Waals surface area (Å²) in [6.07, 6.45) is -0.330. The molecule has 1 heterocycles. The predicted molar refractivity (Wildman–Crippen MR) is 152 cm³/mol. The highest BCUT2D eigenvalue weighted by atomic mass is 32.2. The molecule has 4 aromatic rings. The summed E-state index contributed by atoms with van der Waals surface area (Å²) in [5, 5.41) is 19.0. The van der Waals surface area contributed by atoms with Crippen LogP contribution in [0.5, 0.6) is 0 Å². The third-order valence-electron chi connectivity index (χ3n) is 6.84. The first-order valence-electron chi connectivity index (χ1n) is 12.9. The van der Waals surface area contributed by atoms with Crippen LogP contribution in [0.1, 0.15) is 51.4 Å². The van der Waals surface area contributed by atoms with Gasteiger partial charge in [0.2, 0.25) is 0 Å². The topological polar surface area (TPSA) is 102 Å². The molecule has 200 valence electrons. The number of aromatic carboxylic acids is 1. The molecule has 0 bridgehead atoms. The van der Waals surface area contributed by atoms with Crippen LogP contribution in [0.3, 0.4) is 0 Å². The largest absolute Gasteiger partial charge is 0.478 e. The number of aliphatic hydroxyl groups is 1. The van der Waals surface area contributed by atoms with E-state index >= 15 is 0 Å². The first-order chi connectivity index (χ1) is 19.0. The third-order valence-corrected chi connectivity index (χ3v) is 8.04. The average molecular weight is 542 g/mol. The van der Waals surface area contributed by atoms with Crippen molar-refractivity contribution in [1.82, 2.24) is 0 Å².